The van der Waals surface area contributed by atoms with Crippen molar-refractivity contribution in [2.75, 3.05) is 0 Å². The van der Waals surface area contributed by atoms with Crippen molar-refractivity contribution in [2.24, 2.45) is 0 Å². The Bertz CT molecular complexity index is 409. The van der Waals surface area contributed by atoms with E-state index < -0.39 is 0 Å². The Morgan fingerprint density at radius 1 is 1.19 bits per heavy atom. The molecule has 0 aromatic carbocycles. The van der Waals surface area contributed by atoms with Crippen molar-refractivity contribution >= 4 is 0 Å². The Hall–Kier alpha value is -1.82. The summed E-state index contributed by atoms with van der Waals surface area (Å²) in [6.07, 6.45) is 19.3. The average molecular weight is 210 g/mol. The SMILES string of the molecule is C=C/C=C1/C=C\C/C=C\C=C/C(=C)/C1=C/C. The molecule has 0 bridgehead atoms. The molecule has 0 unspecified atom stereocenters. The summed E-state index contributed by atoms with van der Waals surface area (Å²) < 4.78 is 0. The van der Waals surface area contributed by atoms with Crippen molar-refractivity contribution in [1.29, 1.82) is 0 Å². The minimum Gasteiger partial charge on any atom is -0.0990 e. The molecular formula is C16H18. The molecule has 16 heavy (non-hydrogen) atoms. The van der Waals surface area contributed by atoms with E-state index in [1.54, 1.807) is 0 Å². The molecule has 0 saturated heterocycles. The minimum absolute atomic E-state index is 0.947. The highest BCUT2D eigenvalue weighted by Crippen LogP contribution is 2.21. The molecule has 0 amide bonds. The lowest BCUT2D eigenvalue weighted by molar-refractivity contribution is 1.35. The fourth-order valence-corrected chi connectivity index (χ4v) is 1.59. The summed E-state index contributed by atoms with van der Waals surface area (Å²) in [6, 6.07) is 0. The largest absolute Gasteiger partial charge is 0.0990 e. The van der Waals surface area contributed by atoms with E-state index in [9.17, 15) is 0 Å². The molecule has 82 valence electrons. The Labute approximate surface area is 98.4 Å². The van der Waals surface area contributed by atoms with E-state index in [1.807, 2.05) is 37.3 Å². The standard InChI is InChI=1S/C16H18/c1-4-11-15-13-10-8-6-7-9-12-14(3)16(15)5-2/h4-7,9-13H,1,3,8H2,2H3/b7-6-,12-9-,13-10-,15-11-,16-5-. The first-order chi connectivity index (χ1) is 7.79. The summed E-state index contributed by atoms with van der Waals surface area (Å²) in [5, 5.41) is 0. The fraction of sp³-hybridized carbons (Fsp3) is 0.125. The predicted molar refractivity (Wildman–Crippen MR) is 73.2 cm³/mol. The molecule has 0 heteroatoms. The van der Waals surface area contributed by atoms with Crippen molar-refractivity contribution < 1.29 is 0 Å². The molecule has 0 radical (unpaired) electrons. The Morgan fingerprint density at radius 2 is 2.00 bits per heavy atom. The van der Waals surface area contributed by atoms with Gasteiger partial charge in [-0.25, -0.2) is 0 Å². The maximum atomic E-state index is 4.07. The molecule has 0 fully saturated rings. The first-order valence-electron chi connectivity index (χ1n) is 5.48. The monoisotopic (exact) mass is 210 g/mol. The summed E-state index contributed by atoms with van der Waals surface area (Å²) in [7, 11) is 0. The first kappa shape index (κ1) is 12.3. The van der Waals surface area contributed by atoms with Gasteiger partial charge in [0, 0.05) is 0 Å². The molecule has 0 nitrogen and oxygen atoms in total. The van der Waals surface area contributed by atoms with Crippen molar-refractivity contribution in [3.63, 3.8) is 0 Å². The summed E-state index contributed by atoms with van der Waals surface area (Å²) in [6.45, 7) is 9.85. The van der Waals surface area contributed by atoms with E-state index in [4.69, 9.17) is 0 Å². The number of hydrogen-bond donors (Lipinski definition) is 0. The molecule has 0 aromatic rings. The third-order valence-electron chi connectivity index (χ3n) is 2.36. The number of allylic oxidation sites excluding steroid dienone is 12. The van der Waals surface area contributed by atoms with Crippen LogP contribution in [0.4, 0.5) is 0 Å². The van der Waals surface area contributed by atoms with E-state index in [0.29, 0.717) is 0 Å². The molecule has 0 saturated carbocycles. The van der Waals surface area contributed by atoms with Gasteiger partial charge in [-0.1, -0.05) is 67.8 Å². The fourth-order valence-electron chi connectivity index (χ4n) is 1.59. The molecular weight excluding hydrogens is 192 g/mol. The molecule has 1 aliphatic carbocycles. The zero-order valence-corrected chi connectivity index (χ0v) is 9.82. The summed E-state index contributed by atoms with van der Waals surface area (Å²) >= 11 is 0. The van der Waals surface area contributed by atoms with Gasteiger partial charge in [-0.05, 0) is 30.1 Å². The Kier molecular flexibility index (Phi) is 5.07. The van der Waals surface area contributed by atoms with Gasteiger partial charge in [-0.3, -0.25) is 0 Å². The first-order valence-corrected chi connectivity index (χ1v) is 5.48. The second kappa shape index (κ2) is 6.62. The van der Waals surface area contributed by atoms with E-state index in [-0.39, 0.29) is 0 Å². The second-order valence-corrected chi connectivity index (χ2v) is 3.51. The summed E-state index contributed by atoms with van der Waals surface area (Å²) in [5.41, 5.74) is 3.33. The second-order valence-electron chi connectivity index (χ2n) is 3.51. The molecule has 0 atom stereocenters. The van der Waals surface area contributed by atoms with Crippen LogP contribution in [0.25, 0.3) is 0 Å². The van der Waals surface area contributed by atoms with Crippen LogP contribution in [0.2, 0.25) is 0 Å². The zero-order chi connectivity index (χ0) is 11.8. The number of rotatable bonds is 1. The van der Waals surface area contributed by atoms with E-state index in [0.717, 1.165) is 23.1 Å². The van der Waals surface area contributed by atoms with Gasteiger partial charge >= 0.3 is 0 Å². The predicted octanol–water partition coefficient (Wildman–Crippen LogP) is 4.67. The van der Waals surface area contributed by atoms with Gasteiger partial charge in [0.25, 0.3) is 0 Å². The van der Waals surface area contributed by atoms with Crippen LogP contribution in [0.1, 0.15) is 13.3 Å². The lowest BCUT2D eigenvalue weighted by atomic mass is 9.96. The Balaban J connectivity index is 3.18. The molecule has 0 heterocycles. The zero-order valence-electron chi connectivity index (χ0n) is 9.82. The van der Waals surface area contributed by atoms with Crippen molar-refractivity contribution in [3.8, 4) is 0 Å². The Morgan fingerprint density at radius 3 is 2.69 bits per heavy atom. The van der Waals surface area contributed by atoms with Gasteiger partial charge in [0.1, 0.15) is 0 Å². The quantitative estimate of drug-likeness (QED) is 0.589. The highest BCUT2D eigenvalue weighted by molar-refractivity contribution is 5.55. The van der Waals surface area contributed by atoms with Crippen molar-refractivity contribution in [3.05, 3.63) is 84.6 Å². The molecule has 0 spiro atoms. The van der Waals surface area contributed by atoms with Crippen molar-refractivity contribution in [1.82, 2.24) is 0 Å². The summed E-state index contributed by atoms with van der Waals surface area (Å²) in [5.74, 6) is 0. The van der Waals surface area contributed by atoms with Crippen LogP contribution in [-0.4, -0.2) is 0 Å². The maximum Gasteiger partial charge on any atom is -0.0160 e. The van der Waals surface area contributed by atoms with Gasteiger partial charge in [-0.15, -0.1) is 0 Å². The van der Waals surface area contributed by atoms with Gasteiger partial charge in [0.05, 0.1) is 0 Å². The molecule has 0 aromatic heterocycles. The third-order valence-corrected chi connectivity index (χ3v) is 2.36. The van der Waals surface area contributed by atoms with Crippen LogP contribution in [0, 0.1) is 0 Å². The smallest absolute Gasteiger partial charge is 0.0160 e. The molecule has 1 aliphatic rings. The van der Waals surface area contributed by atoms with Gasteiger partial charge in [0.15, 0.2) is 0 Å². The van der Waals surface area contributed by atoms with Crippen LogP contribution in [0.15, 0.2) is 84.6 Å². The number of hydrogen-bond acceptors (Lipinski definition) is 0. The van der Waals surface area contributed by atoms with Crippen molar-refractivity contribution in [2.45, 2.75) is 13.3 Å². The lowest BCUT2D eigenvalue weighted by Gasteiger charge is -2.08. The lowest BCUT2D eigenvalue weighted by Crippen LogP contribution is -1.89. The minimum atomic E-state index is 0.947. The maximum absolute atomic E-state index is 4.07. The highest BCUT2D eigenvalue weighted by atomic mass is 14.1. The van der Waals surface area contributed by atoms with Gasteiger partial charge < -0.3 is 0 Å². The highest BCUT2D eigenvalue weighted by Gasteiger charge is 2.02. The van der Waals surface area contributed by atoms with Crippen LogP contribution in [0.5, 0.6) is 0 Å². The van der Waals surface area contributed by atoms with Crippen LogP contribution in [-0.2, 0) is 0 Å². The van der Waals surface area contributed by atoms with E-state index in [1.165, 1.54) is 0 Å². The normalized spacial score (nSPS) is 27.7. The van der Waals surface area contributed by atoms with Crippen LogP contribution in [0.3, 0.4) is 0 Å². The summed E-state index contributed by atoms with van der Waals surface area (Å²) in [4.78, 5) is 0. The van der Waals surface area contributed by atoms with Gasteiger partial charge in [-0.2, -0.15) is 0 Å². The van der Waals surface area contributed by atoms with E-state index >= 15 is 0 Å². The topological polar surface area (TPSA) is 0 Å². The van der Waals surface area contributed by atoms with E-state index in [2.05, 4.69) is 37.5 Å². The van der Waals surface area contributed by atoms with Gasteiger partial charge in [0.2, 0.25) is 0 Å². The van der Waals surface area contributed by atoms with Crippen LogP contribution < -0.4 is 0 Å². The average Bonchev–Trinajstić information content (AvgIpc) is 2.28. The molecule has 1 rings (SSSR count). The van der Waals surface area contributed by atoms with Crippen LogP contribution >= 0.6 is 0 Å². The third kappa shape index (κ3) is 3.39. The molecule has 0 N–H and O–H groups in total. The molecule has 0 aliphatic heterocycles.